The minimum absolute atomic E-state index is 0.710. The molecule has 0 aromatic carbocycles. The molecule has 0 spiro atoms. The Hall–Kier alpha value is -1.03. The molecule has 0 bridgehead atoms. The number of nitrogens with zero attached hydrogens (tertiary/aromatic N) is 3. The number of nitrogens with two attached hydrogens (primary N) is 1. The molecule has 2 N–H and O–H groups in total. The van der Waals surface area contributed by atoms with Crippen molar-refractivity contribution >= 4 is 5.82 Å². The average Bonchev–Trinajstić information content (AvgIpc) is 2.10. The molecule has 0 radical (unpaired) electrons. The summed E-state index contributed by atoms with van der Waals surface area (Å²) in [6, 6.07) is 1.89. The monoisotopic (exact) mass is 154 g/mol. The lowest BCUT2D eigenvalue weighted by Gasteiger charge is -2.04. The summed E-state index contributed by atoms with van der Waals surface area (Å²) in [5, 5.41) is 4.20. The molecular weight excluding hydrogens is 140 g/mol. The maximum Gasteiger partial charge on any atom is 0.121 e. The molecule has 1 heterocycles. The number of hydrogen-bond acceptors (Lipinski definition) is 3. The quantitative estimate of drug-likeness (QED) is 0.655. The van der Waals surface area contributed by atoms with Crippen LogP contribution in [-0.4, -0.2) is 28.8 Å². The van der Waals surface area contributed by atoms with Gasteiger partial charge in [0.05, 0.1) is 5.69 Å². The van der Waals surface area contributed by atoms with Crippen molar-refractivity contribution in [3.8, 4) is 0 Å². The van der Waals surface area contributed by atoms with Crippen LogP contribution in [0.25, 0.3) is 0 Å². The van der Waals surface area contributed by atoms with Crippen LogP contribution in [0, 0.1) is 0 Å². The second-order valence-corrected chi connectivity index (χ2v) is 2.92. The van der Waals surface area contributed by atoms with Crippen molar-refractivity contribution in [3.05, 3.63) is 11.8 Å². The Labute approximate surface area is 66.6 Å². The summed E-state index contributed by atoms with van der Waals surface area (Å²) in [6.07, 6.45) is 0. The lowest BCUT2D eigenvalue weighted by Crippen LogP contribution is -2.11. The van der Waals surface area contributed by atoms with Gasteiger partial charge in [0.2, 0.25) is 0 Å². The Bertz CT molecular complexity index is 219. The van der Waals surface area contributed by atoms with Gasteiger partial charge < -0.3 is 10.6 Å². The fraction of sp³-hybridized carbons (Fsp3) is 0.571. The summed E-state index contributed by atoms with van der Waals surface area (Å²) in [7, 11) is 5.85. The van der Waals surface area contributed by atoms with Gasteiger partial charge in [-0.3, -0.25) is 4.68 Å². The number of aromatic nitrogens is 2. The fourth-order valence-corrected chi connectivity index (χ4v) is 0.945. The summed E-state index contributed by atoms with van der Waals surface area (Å²) in [5.74, 6) is 0.710. The van der Waals surface area contributed by atoms with Crippen molar-refractivity contribution in [2.45, 2.75) is 6.54 Å². The average molecular weight is 154 g/mol. The van der Waals surface area contributed by atoms with Gasteiger partial charge in [0.25, 0.3) is 0 Å². The van der Waals surface area contributed by atoms with E-state index in [0.717, 1.165) is 12.2 Å². The van der Waals surface area contributed by atoms with Crippen LogP contribution in [0.5, 0.6) is 0 Å². The van der Waals surface area contributed by atoms with Crippen molar-refractivity contribution in [3.63, 3.8) is 0 Å². The molecule has 0 unspecified atom stereocenters. The van der Waals surface area contributed by atoms with E-state index in [1.807, 2.05) is 27.2 Å². The number of anilines is 1. The molecule has 4 nitrogen and oxygen atoms in total. The molecule has 1 aromatic heterocycles. The highest BCUT2D eigenvalue weighted by Gasteiger charge is 2.01. The molecule has 0 aliphatic heterocycles. The molecule has 62 valence electrons. The van der Waals surface area contributed by atoms with Crippen LogP contribution in [-0.2, 0) is 13.6 Å². The van der Waals surface area contributed by atoms with E-state index in [0.29, 0.717) is 5.82 Å². The number of aryl methyl sites for hydroxylation is 1. The van der Waals surface area contributed by atoms with Crippen molar-refractivity contribution < 1.29 is 0 Å². The minimum atomic E-state index is 0.710. The summed E-state index contributed by atoms with van der Waals surface area (Å²) < 4.78 is 1.68. The lowest BCUT2D eigenvalue weighted by molar-refractivity contribution is 0.395. The van der Waals surface area contributed by atoms with Gasteiger partial charge in [-0.2, -0.15) is 5.10 Å². The predicted molar refractivity (Wildman–Crippen MR) is 45.0 cm³/mol. The highest BCUT2D eigenvalue weighted by Crippen LogP contribution is 2.04. The van der Waals surface area contributed by atoms with E-state index < -0.39 is 0 Å². The van der Waals surface area contributed by atoms with Gasteiger partial charge in [-0.1, -0.05) is 0 Å². The summed E-state index contributed by atoms with van der Waals surface area (Å²) in [4.78, 5) is 2.06. The zero-order valence-electron chi connectivity index (χ0n) is 7.20. The van der Waals surface area contributed by atoms with Crippen LogP contribution in [0.15, 0.2) is 6.07 Å². The van der Waals surface area contributed by atoms with Gasteiger partial charge in [-0.25, -0.2) is 0 Å². The summed E-state index contributed by atoms with van der Waals surface area (Å²) in [6.45, 7) is 0.838. The maximum absolute atomic E-state index is 5.60. The van der Waals surface area contributed by atoms with E-state index in [1.165, 1.54) is 0 Å². The third kappa shape index (κ3) is 1.94. The molecular formula is C7H14N4. The predicted octanol–water partition coefficient (Wildman–Crippen LogP) is 0.0639. The standard InChI is InChI=1S/C7H14N4/c1-10(2)5-6-4-7(8)11(3)9-6/h4H,5,8H2,1-3H3. The lowest BCUT2D eigenvalue weighted by atomic mass is 10.4. The van der Waals surface area contributed by atoms with Crippen LogP contribution in [0.1, 0.15) is 5.69 Å². The minimum Gasteiger partial charge on any atom is -0.384 e. The van der Waals surface area contributed by atoms with Crippen LogP contribution in [0.4, 0.5) is 5.82 Å². The van der Waals surface area contributed by atoms with Gasteiger partial charge in [0.15, 0.2) is 0 Å². The molecule has 0 aliphatic rings. The molecule has 1 aromatic rings. The summed E-state index contributed by atoms with van der Waals surface area (Å²) in [5.41, 5.74) is 6.61. The molecule has 0 atom stereocenters. The Kier molecular flexibility index (Phi) is 2.14. The summed E-state index contributed by atoms with van der Waals surface area (Å²) >= 11 is 0. The molecule has 0 aliphatic carbocycles. The van der Waals surface area contributed by atoms with Gasteiger partial charge in [-0.15, -0.1) is 0 Å². The van der Waals surface area contributed by atoms with E-state index in [-0.39, 0.29) is 0 Å². The Balaban J connectivity index is 2.73. The molecule has 0 saturated heterocycles. The van der Waals surface area contributed by atoms with Crippen molar-refractivity contribution in [2.24, 2.45) is 7.05 Å². The van der Waals surface area contributed by atoms with Crippen molar-refractivity contribution in [1.29, 1.82) is 0 Å². The van der Waals surface area contributed by atoms with E-state index in [4.69, 9.17) is 5.73 Å². The van der Waals surface area contributed by atoms with E-state index in [2.05, 4.69) is 10.00 Å². The van der Waals surface area contributed by atoms with Crippen molar-refractivity contribution in [1.82, 2.24) is 14.7 Å². The number of rotatable bonds is 2. The van der Waals surface area contributed by atoms with Gasteiger partial charge >= 0.3 is 0 Å². The first kappa shape index (κ1) is 8.07. The number of nitrogen functional groups attached to an aromatic ring is 1. The van der Waals surface area contributed by atoms with Crippen LogP contribution in [0.3, 0.4) is 0 Å². The van der Waals surface area contributed by atoms with Gasteiger partial charge in [-0.05, 0) is 14.1 Å². The van der Waals surface area contributed by atoms with Crippen molar-refractivity contribution in [2.75, 3.05) is 19.8 Å². The second-order valence-electron chi connectivity index (χ2n) is 2.92. The highest BCUT2D eigenvalue weighted by atomic mass is 15.3. The zero-order chi connectivity index (χ0) is 8.43. The third-order valence-electron chi connectivity index (χ3n) is 1.44. The molecule has 11 heavy (non-hydrogen) atoms. The van der Waals surface area contributed by atoms with E-state index >= 15 is 0 Å². The second kappa shape index (κ2) is 2.92. The maximum atomic E-state index is 5.60. The first-order chi connectivity index (χ1) is 5.09. The first-order valence-corrected chi connectivity index (χ1v) is 3.52. The fourth-order valence-electron chi connectivity index (χ4n) is 0.945. The Morgan fingerprint density at radius 2 is 2.27 bits per heavy atom. The zero-order valence-corrected chi connectivity index (χ0v) is 7.20. The largest absolute Gasteiger partial charge is 0.384 e. The third-order valence-corrected chi connectivity index (χ3v) is 1.44. The first-order valence-electron chi connectivity index (χ1n) is 3.52. The van der Waals surface area contributed by atoms with Gasteiger partial charge in [0, 0.05) is 19.7 Å². The van der Waals surface area contributed by atoms with Crippen LogP contribution >= 0.6 is 0 Å². The Morgan fingerprint density at radius 3 is 2.64 bits per heavy atom. The van der Waals surface area contributed by atoms with Crippen LogP contribution < -0.4 is 5.73 Å². The SMILES string of the molecule is CN(C)Cc1cc(N)n(C)n1. The molecule has 0 amide bonds. The normalized spacial score (nSPS) is 10.9. The highest BCUT2D eigenvalue weighted by molar-refractivity contribution is 5.30. The molecule has 0 saturated carbocycles. The van der Waals surface area contributed by atoms with Crippen LogP contribution in [0.2, 0.25) is 0 Å². The smallest absolute Gasteiger partial charge is 0.121 e. The molecule has 0 fully saturated rings. The molecule has 4 heteroatoms. The Morgan fingerprint density at radius 1 is 1.64 bits per heavy atom. The topological polar surface area (TPSA) is 47.1 Å². The van der Waals surface area contributed by atoms with Gasteiger partial charge in [0.1, 0.15) is 5.82 Å². The molecule has 1 rings (SSSR count). The van der Waals surface area contributed by atoms with E-state index in [1.54, 1.807) is 4.68 Å². The van der Waals surface area contributed by atoms with E-state index in [9.17, 15) is 0 Å². The number of hydrogen-bond donors (Lipinski definition) is 1.